The molecule has 0 saturated carbocycles. The molecule has 0 heterocycles. The molecule has 2 aromatic carbocycles. The highest BCUT2D eigenvalue weighted by Crippen LogP contribution is 2.32. The van der Waals surface area contributed by atoms with E-state index in [1.54, 1.807) is 18.6 Å². The molecule has 1 aliphatic rings. The van der Waals surface area contributed by atoms with Crippen molar-refractivity contribution in [1.29, 1.82) is 0 Å². The second kappa shape index (κ2) is 11.3. The van der Waals surface area contributed by atoms with Crippen LogP contribution in [0.2, 0.25) is 0 Å². The van der Waals surface area contributed by atoms with Gasteiger partial charge in [-0.05, 0) is 81.0 Å². The minimum absolute atomic E-state index is 0.0366. The summed E-state index contributed by atoms with van der Waals surface area (Å²) < 4.78 is 33.7. The second-order valence-corrected chi connectivity index (χ2v) is 8.37. The van der Waals surface area contributed by atoms with Crippen LogP contribution in [-0.4, -0.2) is 6.61 Å². The van der Waals surface area contributed by atoms with E-state index >= 15 is 0 Å². The zero-order valence-electron chi connectivity index (χ0n) is 18.4. The summed E-state index contributed by atoms with van der Waals surface area (Å²) >= 11 is 0. The lowest BCUT2D eigenvalue weighted by molar-refractivity contribution is 0.314. The average Bonchev–Trinajstić information content (AvgIpc) is 2.77. The van der Waals surface area contributed by atoms with Gasteiger partial charge >= 0.3 is 0 Å². The molecule has 0 amide bonds. The number of aryl methyl sites for hydroxylation is 1. The molecule has 0 N–H and O–H groups in total. The highest BCUT2D eigenvalue weighted by Gasteiger charge is 2.16. The van der Waals surface area contributed by atoms with E-state index in [0.29, 0.717) is 12.2 Å². The van der Waals surface area contributed by atoms with Crippen molar-refractivity contribution in [3.05, 3.63) is 65.2 Å². The molecule has 0 saturated heterocycles. The third-order valence-electron chi connectivity index (χ3n) is 6.17. The Bertz CT molecular complexity index is 839. The van der Waals surface area contributed by atoms with E-state index in [0.717, 1.165) is 12.3 Å². The van der Waals surface area contributed by atoms with Crippen LogP contribution >= 0.6 is 0 Å². The smallest absolute Gasteiger partial charge is 0.201 e. The number of hydrogen-bond acceptors (Lipinski definition) is 1. The monoisotopic (exact) mass is 412 g/mol. The summed E-state index contributed by atoms with van der Waals surface area (Å²) in [6.45, 7) is 4.31. The lowest BCUT2D eigenvalue weighted by Crippen LogP contribution is -2.07. The van der Waals surface area contributed by atoms with Gasteiger partial charge in [0.2, 0.25) is 5.82 Å². The fourth-order valence-electron chi connectivity index (χ4n) is 4.28. The zero-order valence-corrected chi connectivity index (χ0v) is 18.4. The van der Waals surface area contributed by atoms with Crippen LogP contribution in [-0.2, 0) is 6.42 Å². The van der Waals surface area contributed by atoms with Crippen molar-refractivity contribution in [2.45, 2.75) is 71.6 Å². The Kier molecular flexibility index (Phi) is 8.48. The molecule has 1 unspecified atom stereocenters. The van der Waals surface area contributed by atoms with Crippen molar-refractivity contribution in [2.75, 3.05) is 6.61 Å². The van der Waals surface area contributed by atoms with Gasteiger partial charge in [0.1, 0.15) is 0 Å². The Morgan fingerprint density at radius 3 is 2.40 bits per heavy atom. The third-order valence-corrected chi connectivity index (χ3v) is 6.17. The van der Waals surface area contributed by atoms with Crippen molar-refractivity contribution in [3.8, 4) is 16.9 Å². The Hall–Kier alpha value is -2.16. The largest absolute Gasteiger partial charge is 0.491 e. The van der Waals surface area contributed by atoms with E-state index in [-0.39, 0.29) is 11.3 Å². The third kappa shape index (κ3) is 5.93. The van der Waals surface area contributed by atoms with Crippen LogP contribution < -0.4 is 4.74 Å². The minimum atomic E-state index is -0.919. The topological polar surface area (TPSA) is 9.23 Å². The summed E-state index contributed by atoms with van der Waals surface area (Å²) in [5.41, 5.74) is 3.88. The van der Waals surface area contributed by atoms with Crippen LogP contribution in [0.25, 0.3) is 11.1 Å². The van der Waals surface area contributed by atoms with Crippen LogP contribution in [0.4, 0.5) is 8.78 Å². The van der Waals surface area contributed by atoms with Gasteiger partial charge in [-0.2, -0.15) is 4.39 Å². The first-order chi connectivity index (χ1) is 14.6. The molecule has 0 aliphatic heterocycles. The molecular formula is C27H34F2O. The number of rotatable bonds is 10. The SMILES string of the molecule is CCCCCC1=CCC(CCc2ccc(-c3ccc(OCC)c(F)c3F)cc2)CC1. The number of allylic oxidation sites excluding steroid dienone is 2. The van der Waals surface area contributed by atoms with Gasteiger partial charge in [0, 0.05) is 5.56 Å². The summed E-state index contributed by atoms with van der Waals surface area (Å²) in [6.07, 6.45) is 13.7. The average molecular weight is 413 g/mol. The summed E-state index contributed by atoms with van der Waals surface area (Å²) in [4.78, 5) is 0. The zero-order chi connectivity index (χ0) is 21.3. The number of unbranched alkanes of at least 4 members (excludes halogenated alkanes) is 2. The molecule has 1 nitrogen and oxygen atoms in total. The lowest BCUT2D eigenvalue weighted by Gasteiger charge is -2.22. The number of halogens is 2. The van der Waals surface area contributed by atoms with E-state index in [4.69, 9.17) is 4.74 Å². The molecule has 3 rings (SSSR count). The predicted octanol–water partition coefficient (Wildman–Crippen LogP) is 8.27. The van der Waals surface area contributed by atoms with Crippen LogP contribution in [0.5, 0.6) is 5.75 Å². The van der Waals surface area contributed by atoms with E-state index in [2.05, 4.69) is 13.0 Å². The molecule has 2 aromatic rings. The van der Waals surface area contributed by atoms with Crippen molar-refractivity contribution in [1.82, 2.24) is 0 Å². The van der Waals surface area contributed by atoms with Crippen LogP contribution in [0, 0.1) is 17.6 Å². The van der Waals surface area contributed by atoms with Crippen molar-refractivity contribution in [2.24, 2.45) is 5.92 Å². The van der Waals surface area contributed by atoms with Gasteiger partial charge < -0.3 is 4.74 Å². The maximum atomic E-state index is 14.4. The van der Waals surface area contributed by atoms with Crippen LogP contribution in [0.3, 0.4) is 0 Å². The fourth-order valence-corrected chi connectivity index (χ4v) is 4.28. The van der Waals surface area contributed by atoms with Gasteiger partial charge in [-0.15, -0.1) is 0 Å². The van der Waals surface area contributed by atoms with E-state index in [1.807, 2.05) is 24.3 Å². The van der Waals surface area contributed by atoms with Gasteiger partial charge in [-0.1, -0.05) is 55.7 Å². The Labute approximate surface area is 180 Å². The molecule has 0 bridgehead atoms. The van der Waals surface area contributed by atoms with Gasteiger partial charge in [0.25, 0.3) is 0 Å². The molecule has 1 atom stereocenters. The van der Waals surface area contributed by atoms with Gasteiger partial charge in [0.15, 0.2) is 11.6 Å². The molecule has 162 valence electrons. The maximum absolute atomic E-state index is 14.4. The lowest BCUT2D eigenvalue weighted by atomic mass is 9.84. The minimum Gasteiger partial charge on any atom is -0.491 e. The number of hydrogen-bond donors (Lipinski definition) is 0. The first-order valence-corrected chi connectivity index (χ1v) is 11.5. The molecule has 0 aromatic heterocycles. The molecule has 0 fully saturated rings. The molecule has 3 heteroatoms. The summed E-state index contributed by atoms with van der Waals surface area (Å²) in [5, 5.41) is 0. The number of benzene rings is 2. The Morgan fingerprint density at radius 1 is 0.933 bits per heavy atom. The van der Waals surface area contributed by atoms with Crippen LogP contribution in [0.15, 0.2) is 48.0 Å². The van der Waals surface area contributed by atoms with Gasteiger partial charge in [-0.3, -0.25) is 0 Å². The first kappa shape index (κ1) is 22.5. The Balaban J connectivity index is 1.54. The second-order valence-electron chi connectivity index (χ2n) is 8.37. The molecule has 0 spiro atoms. The summed E-state index contributed by atoms with van der Waals surface area (Å²) in [7, 11) is 0. The quantitative estimate of drug-likeness (QED) is 0.282. The van der Waals surface area contributed by atoms with E-state index in [1.165, 1.54) is 63.0 Å². The standard InChI is InChI=1S/C27H34F2O/c1-3-5-6-7-20-8-10-21(11-9-20)12-13-22-14-16-23(17-15-22)24-18-19-25(30-4-2)27(29)26(24)28/h8,14-19,21H,3-7,9-13H2,1-2H3. The van der Waals surface area contributed by atoms with Crippen LogP contribution in [0.1, 0.15) is 70.8 Å². The van der Waals surface area contributed by atoms with E-state index in [9.17, 15) is 8.78 Å². The first-order valence-electron chi connectivity index (χ1n) is 11.5. The Morgan fingerprint density at radius 2 is 1.73 bits per heavy atom. The van der Waals surface area contributed by atoms with Crippen molar-refractivity contribution in [3.63, 3.8) is 0 Å². The highest BCUT2D eigenvalue weighted by molar-refractivity contribution is 5.65. The molecule has 30 heavy (non-hydrogen) atoms. The molecule has 0 radical (unpaired) electrons. The van der Waals surface area contributed by atoms with Gasteiger partial charge in [-0.25, -0.2) is 4.39 Å². The van der Waals surface area contributed by atoms with E-state index < -0.39 is 11.6 Å². The normalized spacial score (nSPS) is 16.4. The highest BCUT2D eigenvalue weighted by atomic mass is 19.2. The number of ether oxygens (including phenoxy) is 1. The predicted molar refractivity (Wildman–Crippen MR) is 121 cm³/mol. The van der Waals surface area contributed by atoms with Crippen molar-refractivity contribution >= 4 is 0 Å². The molecule has 1 aliphatic carbocycles. The van der Waals surface area contributed by atoms with Crippen molar-refractivity contribution < 1.29 is 13.5 Å². The van der Waals surface area contributed by atoms with Gasteiger partial charge in [0.05, 0.1) is 6.61 Å². The molecular weight excluding hydrogens is 378 g/mol. The summed E-state index contributed by atoms with van der Waals surface area (Å²) in [6, 6.07) is 10.9. The summed E-state index contributed by atoms with van der Waals surface area (Å²) in [5.74, 6) is -1.04. The maximum Gasteiger partial charge on any atom is 0.201 e. The fraction of sp³-hybridized carbons (Fsp3) is 0.481.